The first-order valence-electron chi connectivity index (χ1n) is 6.31. The van der Waals surface area contributed by atoms with E-state index in [2.05, 4.69) is 13.8 Å². The summed E-state index contributed by atoms with van der Waals surface area (Å²) in [6.07, 6.45) is 0.868. The maximum atomic E-state index is 12.4. The molecule has 1 heterocycles. The number of nitrogens with zero attached hydrogens (tertiary/aromatic N) is 1. The topological polar surface area (TPSA) is 39.1 Å². The molecule has 0 fully saturated rings. The highest BCUT2D eigenvalue weighted by Gasteiger charge is 2.16. The van der Waals surface area contributed by atoms with Crippen LogP contribution in [0.25, 0.3) is 0 Å². The van der Waals surface area contributed by atoms with Crippen molar-refractivity contribution in [1.82, 2.24) is 4.57 Å². The third kappa shape index (κ3) is 3.22. The molecule has 1 rings (SSSR count). The number of carbonyl (C=O) groups excluding carboxylic acids is 1. The van der Waals surface area contributed by atoms with Crippen LogP contribution in [0.4, 0.5) is 0 Å². The maximum absolute atomic E-state index is 12.4. The fraction of sp³-hybridized carbons (Fsp3) is 0.571. The summed E-state index contributed by atoms with van der Waals surface area (Å²) in [6.45, 7) is 8.17. The van der Waals surface area contributed by atoms with E-state index in [1.807, 2.05) is 19.9 Å². The van der Waals surface area contributed by atoms with Crippen molar-refractivity contribution in [3.63, 3.8) is 0 Å². The number of rotatable bonds is 5. The van der Waals surface area contributed by atoms with E-state index in [0.717, 1.165) is 12.1 Å². The van der Waals surface area contributed by atoms with Crippen molar-refractivity contribution >= 4 is 16.8 Å². The summed E-state index contributed by atoms with van der Waals surface area (Å²) in [5, 5.41) is -0.500. The van der Waals surface area contributed by atoms with Crippen LogP contribution in [0.15, 0.2) is 16.9 Å². The molecule has 1 unspecified atom stereocenters. The molecule has 0 aliphatic heterocycles. The van der Waals surface area contributed by atoms with Crippen LogP contribution in [0.2, 0.25) is 0 Å². The molecule has 1 aromatic heterocycles. The van der Waals surface area contributed by atoms with Gasteiger partial charge in [0, 0.05) is 17.3 Å². The Morgan fingerprint density at radius 3 is 2.39 bits per heavy atom. The first-order chi connectivity index (χ1) is 8.38. The van der Waals surface area contributed by atoms with Crippen LogP contribution in [0, 0.1) is 0 Å². The van der Waals surface area contributed by atoms with Crippen molar-refractivity contribution in [3.8, 4) is 0 Å². The molecular formula is C14H20ClNO2. The van der Waals surface area contributed by atoms with Gasteiger partial charge in [-0.2, -0.15) is 0 Å². The third-order valence-corrected chi connectivity index (χ3v) is 3.31. The molecule has 0 saturated heterocycles. The maximum Gasteiger partial charge on any atom is 0.254 e. The lowest BCUT2D eigenvalue weighted by molar-refractivity contribution is -0.111. The van der Waals surface area contributed by atoms with Crippen LogP contribution in [-0.2, 0) is 11.2 Å². The van der Waals surface area contributed by atoms with Gasteiger partial charge in [-0.3, -0.25) is 9.59 Å². The molecule has 0 spiro atoms. The summed E-state index contributed by atoms with van der Waals surface area (Å²) in [6, 6.07) is 3.77. The van der Waals surface area contributed by atoms with Gasteiger partial charge in [0.1, 0.15) is 0 Å². The van der Waals surface area contributed by atoms with Crippen LogP contribution in [0.5, 0.6) is 0 Å². The SMILES string of the molecule is CCC(C)n1c(C(C)C)ccc(CC(=O)Cl)c1=O. The van der Waals surface area contributed by atoms with Gasteiger partial charge < -0.3 is 4.57 Å². The van der Waals surface area contributed by atoms with Gasteiger partial charge in [-0.15, -0.1) is 0 Å². The number of hydrogen-bond acceptors (Lipinski definition) is 2. The molecule has 3 nitrogen and oxygen atoms in total. The van der Waals surface area contributed by atoms with Gasteiger partial charge in [-0.05, 0) is 36.9 Å². The highest BCUT2D eigenvalue weighted by Crippen LogP contribution is 2.19. The summed E-state index contributed by atoms with van der Waals surface area (Å²) in [5.41, 5.74) is 1.38. The van der Waals surface area contributed by atoms with Gasteiger partial charge in [-0.1, -0.05) is 26.8 Å². The third-order valence-electron chi connectivity index (χ3n) is 3.18. The Labute approximate surface area is 113 Å². The Bertz CT molecular complexity index is 491. The van der Waals surface area contributed by atoms with Crippen LogP contribution < -0.4 is 5.56 Å². The van der Waals surface area contributed by atoms with E-state index in [4.69, 9.17) is 11.6 Å². The largest absolute Gasteiger partial charge is 0.309 e. The average molecular weight is 270 g/mol. The second-order valence-electron chi connectivity index (χ2n) is 4.90. The van der Waals surface area contributed by atoms with Crippen molar-refractivity contribution < 1.29 is 4.79 Å². The lowest BCUT2D eigenvalue weighted by Gasteiger charge is -2.21. The molecule has 0 aliphatic rings. The Hall–Kier alpha value is -1.09. The summed E-state index contributed by atoms with van der Waals surface area (Å²) in [7, 11) is 0. The van der Waals surface area contributed by atoms with E-state index in [9.17, 15) is 9.59 Å². The normalized spacial score (nSPS) is 12.8. The van der Waals surface area contributed by atoms with E-state index in [-0.39, 0.29) is 23.9 Å². The van der Waals surface area contributed by atoms with Crippen molar-refractivity contribution in [2.45, 2.75) is 52.5 Å². The van der Waals surface area contributed by atoms with E-state index in [0.29, 0.717) is 5.56 Å². The molecule has 100 valence electrons. The Kier molecular flexibility index (Phi) is 5.15. The van der Waals surface area contributed by atoms with Crippen LogP contribution >= 0.6 is 11.6 Å². The molecule has 18 heavy (non-hydrogen) atoms. The number of halogens is 1. The standard InChI is InChI=1S/C14H20ClNO2/c1-5-10(4)16-12(9(2)3)7-6-11(14(16)18)8-13(15)17/h6-7,9-10H,5,8H2,1-4H3. The van der Waals surface area contributed by atoms with E-state index in [1.54, 1.807) is 10.6 Å². The van der Waals surface area contributed by atoms with E-state index >= 15 is 0 Å². The Balaban J connectivity index is 3.40. The Morgan fingerprint density at radius 2 is 1.94 bits per heavy atom. The highest BCUT2D eigenvalue weighted by molar-refractivity contribution is 6.63. The van der Waals surface area contributed by atoms with Crippen molar-refractivity contribution in [1.29, 1.82) is 0 Å². The molecule has 1 atom stereocenters. The van der Waals surface area contributed by atoms with E-state index < -0.39 is 5.24 Å². The number of hydrogen-bond donors (Lipinski definition) is 0. The first kappa shape index (κ1) is 15.0. The second kappa shape index (κ2) is 6.19. The molecule has 1 aromatic rings. The van der Waals surface area contributed by atoms with E-state index in [1.165, 1.54) is 0 Å². The minimum atomic E-state index is -0.500. The zero-order valence-electron chi connectivity index (χ0n) is 11.4. The van der Waals surface area contributed by atoms with Gasteiger partial charge >= 0.3 is 0 Å². The fourth-order valence-electron chi connectivity index (χ4n) is 2.00. The van der Waals surface area contributed by atoms with Crippen molar-refractivity contribution in [3.05, 3.63) is 33.7 Å². The van der Waals surface area contributed by atoms with Gasteiger partial charge in [0.15, 0.2) is 0 Å². The predicted molar refractivity (Wildman–Crippen MR) is 74.4 cm³/mol. The van der Waals surface area contributed by atoms with Crippen LogP contribution in [0.1, 0.15) is 57.3 Å². The molecule has 0 aromatic carbocycles. The van der Waals surface area contributed by atoms with Crippen molar-refractivity contribution in [2.75, 3.05) is 0 Å². The zero-order chi connectivity index (χ0) is 13.9. The molecule has 0 aliphatic carbocycles. The van der Waals surface area contributed by atoms with Gasteiger partial charge in [0.2, 0.25) is 5.24 Å². The lowest BCUT2D eigenvalue weighted by Crippen LogP contribution is -2.30. The summed E-state index contributed by atoms with van der Waals surface area (Å²) >= 11 is 5.37. The first-order valence-corrected chi connectivity index (χ1v) is 6.68. The second-order valence-corrected chi connectivity index (χ2v) is 5.32. The lowest BCUT2D eigenvalue weighted by atomic mass is 10.0. The zero-order valence-corrected chi connectivity index (χ0v) is 12.1. The van der Waals surface area contributed by atoms with Crippen LogP contribution in [0.3, 0.4) is 0 Å². The monoisotopic (exact) mass is 269 g/mol. The fourth-order valence-corrected chi connectivity index (χ4v) is 2.15. The molecule has 0 bridgehead atoms. The minimum absolute atomic E-state index is 0.00476. The van der Waals surface area contributed by atoms with Crippen LogP contribution in [-0.4, -0.2) is 9.81 Å². The molecule has 0 radical (unpaired) electrons. The summed E-state index contributed by atoms with van der Waals surface area (Å²) in [4.78, 5) is 23.3. The number of carbonyl (C=O) groups is 1. The number of aromatic nitrogens is 1. The molecular weight excluding hydrogens is 250 g/mol. The van der Waals surface area contributed by atoms with Crippen molar-refractivity contribution in [2.24, 2.45) is 0 Å². The molecule has 4 heteroatoms. The van der Waals surface area contributed by atoms with Gasteiger partial charge in [-0.25, -0.2) is 0 Å². The molecule has 0 N–H and O–H groups in total. The quantitative estimate of drug-likeness (QED) is 0.770. The summed E-state index contributed by atoms with van der Waals surface area (Å²) in [5.74, 6) is 0.271. The predicted octanol–water partition coefficient (Wildman–Crippen LogP) is 3.25. The summed E-state index contributed by atoms with van der Waals surface area (Å²) < 4.78 is 1.79. The number of pyridine rings is 1. The smallest absolute Gasteiger partial charge is 0.254 e. The molecule has 0 amide bonds. The van der Waals surface area contributed by atoms with Gasteiger partial charge in [0.25, 0.3) is 5.56 Å². The average Bonchev–Trinajstić information content (AvgIpc) is 2.29. The minimum Gasteiger partial charge on any atom is -0.309 e. The molecule has 0 saturated carbocycles. The Morgan fingerprint density at radius 1 is 1.33 bits per heavy atom. The highest BCUT2D eigenvalue weighted by atomic mass is 35.5. The van der Waals surface area contributed by atoms with Gasteiger partial charge in [0.05, 0.1) is 6.42 Å².